The number of anilines is 1. The van der Waals surface area contributed by atoms with Crippen LogP contribution in [0.25, 0.3) is 10.8 Å². The number of nitrogens with zero attached hydrogens (tertiary/aromatic N) is 2. The van der Waals surface area contributed by atoms with Crippen LogP contribution in [0.3, 0.4) is 0 Å². The van der Waals surface area contributed by atoms with Gasteiger partial charge < -0.3 is 10.2 Å². The maximum absolute atomic E-state index is 12.9. The monoisotopic (exact) mass is 393 g/mol. The number of hydrogen-bond acceptors (Lipinski definition) is 3. The van der Waals surface area contributed by atoms with E-state index in [1.54, 1.807) is 0 Å². The zero-order valence-electron chi connectivity index (χ0n) is 17.3. The lowest BCUT2D eigenvalue weighted by molar-refractivity contribution is -0.138. The maximum Gasteiger partial charge on any atom is 0.241 e. The van der Waals surface area contributed by atoms with E-state index < -0.39 is 0 Å². The highest BCUT2D eigenvalue weighted by molar-refractivity contribution is 6.03. The van der Waals surface area contributed by atoms with Crippen molar-refractivity contribution in [3.8, 4) is 0 Å². The molecule has 0 spiro atoms. The summed E-state index contributed by atoms with van der Waals surface area (Å²) >= 11 is 0. The van der Waals surface area contributed by atoms with Gasteiger partial charge in [0.2, 0.25) is 11.8 Å². The second kappa shape index (κ2) is 8.95. The molecule has 5 heteroatoms. The minimum Gasteiger partial charge on any atom is -0.342 e. The maximum atomic E-state index is 12.9. The fraction of sp³-hybridized carbons (Fsp3) is 0.500. The third kappa shape index (κ3) is 4.45. The lowest BCUT2D eigenvalue weighted by atomic mass is 9.93. The number of nitrogens with one attached hydrogen (secondary N) is 1. The van der Waals surface area contributed by atoms with Crippen LogP contribution in [0, 0.1) is 5.92 Å². The number of hydrogen-bond donors (Lipinski definition) is 1. The summed E-state index contributed by atoms with van der Waals surface area (Å²) in [5.74, 6) is 0.469. The van der Waals surface area contributed by atoms with Crippen LogP contribution in [0.15, 0.2) is 42.5 Å². The van der Waals surface area contributed by atoms with Crippen LogP contribution in [0.5, 0.6) is 0 Å². The van der Waals surface area contributed by atoms with Crippen molar-refractivity contribution in [1.29, 1.82) is 0 Å². The van der Waals surface area contributed by atoms with Gasteiger partial charge in [0.1, 0.15) is 0 Å². The fourth-order valence-corrected chi connectivity index (χ4v) is 4.64. The van der Waals surface area contributed by atoms with E-state index in [-0.39, 0.29) is 17.9 Å². The average Bonchev–Trinajstić information content (AvgIpc) is 2.79. The van der Waals surface area contributed by atoms with E-state index in [9.17, 15) is 9.59 Å². The van der Waals surface area contributed by atoms with Crippen LogP contribution in [-0.2, 0) is 9.59 Å². The summed E-state index contributed by atoms with van der Waals surface area (Å²) in [7, 11) is 0. The molecule has 1 atom stereocenters. The van der Waals surface area contributed by atoms with Gasteiger partial charge in [0, 0.05) is 30.1 Å². The van der Waals surface area contributed by atoms with E-state index in [0.717, 1.165) is 68.3 Å². The lowest BCUT2D eigenvalue weighted by Crippen LogP contribution is -2.49. The molecule has 0 saturated carbocycles. The Balaban J connectivity index is 1.33. The lowest BCUT2D eigenvalue weighted by Gasteiger charge is -2.37. The summed E-state index contributed by atoms with van der Waals surface area (Å²) in [4.78, 5) is 29.9. The molecule has 2 aliphatic heterocycles. The Morgan fingerprint density at radius 3 is 2.38 bits per heavy atom. The Hall–Kier alpha value is -2.40. The van der Waals surface area contributed by atoms with Gasteiger partial charge in [-0.1, -0.05) is 36.4 Å². The first-order valence-electron chi connectivity index (χ1n) is 10.9. The Bertz CT molecular complexity index is 862. The van der Waals surface area contributed by atoms with Crippen molar-refractivity contribution in [3.63, 3.8) is 0 Å². The largest absolute Gasteiger partial charge is 0.342 e. The van der Waals surface area contributed by atoms with E-state index in [1.807, 2.05) is 37.3 Å². The van der Waals surface area contributed by atoms with E-state index >= 15 is 0 Å². The molecule has 4 rings (SSSR count). The molecule has 5 nitrogen and oxygen atoms in total. The molecule has 1 N–H and O–H groups in total. The molecule has 0 aliphatic carbocycles. The van der Waals surface area contributed by atoms with Crippen LogP contribution in [0.1, 0.15) is 39.0 Å². The highest BCUT2D eigenvalue weighted by Gasteiger charge is 2.32. The van der Waals surface area contributed by atoms with E-state index in [2.05, 4.69) is 27.2 Å². The molecule has 2 amide bonds. The molecule has 2 fully saturated rings. The van der Waals surface area contributed by atoms with Gasteiger partial charge in [-0.2, -0.15) is 0 Å². The van der Waals surface area contributed by atoms with Crippen molar-refractivity contribution in [2.45, 2.75) is 45.1 Å². The molecule has 2 aromatic rings. The second-order valence-electron chi connectivity index (χ2n) is 8.39. The van der Waals surface area contributed by atoms with Gasteiger partial charge in [0.05, 0.1) is 6.04 Å². The molecular formula is C24H31N3O2. The number of piperidine rings is 2. The number of fused-ring (bicyclic) bond motifs is 1. The highest BCUT2D eigenvalue weighted by atomic mass is 16.2. The van der Waals surface area contributed by atoms with Gasteiger partial charge in [0.15, 0.2) is 0 Å². The van der Waals surface area contributed by atoms with Crippen LogP contribution in [0.4, 0.5) is 5.69 Å². The van der Waals surface area contributed by atoms with Gasteiger partial charge in [-0.25, -0.2) is 0 Å². The fourth-order valence-electron chi connectivity index (χ4n) is 4.64. The first-order chi connectivity index (χ1) is 14.1. The zero-order chi connectivity index (χ0) is 20.2. The molecule has 2 aromatic carbocycles. The first kappa shape index (κ1) is 19.9. The molecule has 29 heavy (non-hydrogen) atoms. The standard InChI is InChI=1S/C24H31N3O2/c1-18(23(28)25-22-11-7-9-19-8-3-4-10-21(19)22)26-16-12-20(13-17-26)24(29)27-14-5-2-6-15-27/h3-4,7-11,18,20H,2,5-6,12-17H2,1H3,(H,25,28). The minimum absolute atomic E-state index is 0.0159. The van der Waals surface area contributed by atoms with Crippen molar-refractivity contribution in [3.05, 3.63) is 42.5 Å². The van der Waals surface area contributed by atoms with Gasteiger partial charge >= 0.3 is 0 Å². The van der Waals surface area contributed by atoms with Crippen molar-refractivity contribution < 1.29 is 9.59 Å². The van der Waals surface area contributed by atoms with E-state index in [0.29, 0.717) is 5.91 Å². The number of amides is 2. The van der Waals surface area contributed by atoms with Crippen LogP contribution < -0.4 is 5.32 Å². The topological polar surface area (TPSA) is 52.7 Å². The molecule has 0 bridgehead atoms. The smallest absolute Gasteiger partial charge is 0.241 e. The zero-order valence-corrected chi connectivity index (χ0v) is 17.3. The Kier molecular flexibility index (Phi) is 6.14. The summed E-state index contributed by atoms with van der Waals surface area (Å²) in [6.07, 6.45) is 5.21. The number of benzene rings is 2. The normalized spacial score (nSPS) is 19.8. The molecule has 1 unspecified atom stereocenters. The number of carbonyl (C=O) groups excluding carboxylic acids is 2. The summed E-state index contributed by atoms with van der Waals surface area (Å²) in [5.41, 5.74) is 0.857. The second-order valence-corrected chi connectivity index (χ2v) is 8.39. The molecular weight excluding hydrogens is 362 g/mol. The third-order valence-electron chi connectivity index (χ3n) is 6.52. The summed E-state index contributed by atoms with van der Waals surface area (Å²) in [5, 5.41) is 5.29. The summed E-state index contributed by atoms with van der Waals surface area (Å²) in [6.45, 7) is 5.40. The van der Waals surface area contributed by atoms with Gasteiger partial charge in [-0.3, -0.25) is 14.5 Å². The Morgan fingerprint density at radius 1 is 0.931 bits per heavy atom. The number of carbonyl (C=O) groups is 2. The van der Waals surface area contributed by atoms with Crippen LogP contribution >= 0.6 is 0 Å². The van der Waals surface area contributed by atoms with Crippen LogP contribution in [-0.4, -0.2) is 53.8 Å². The predicted molar refractivity (Wildman–Crippen MR) is 117 cm³/mol. The van der Waals surface area contributed by atoms with Gasteiger partial charge in [-0.05, 0) is 63.6 Å². The Morgan fingerprint density at radius 2 is 1.62 bits per heavy atom. The van der Waals surface area contributed by atoms with Crippen molar-refractivity contribution >= 4 is 28.3 Å². The molecule has 2 saturated heterocycles. The van der Waals surface area contributed by atoms with E-state index in [4.69, 9.17) is 0 Å². The molecule has 2 aliphatic rings. The highest BCUT2D eigenvalue weighted by Crippen LogP contribution is 2.25. The van der Waals surface area contributed by atoms with Crippen molar-refractivity contribution in [1.82, 2.24) is 9.80 Å². The summed E-state index contributed by atoms with van der Waals surface area (Å²) < 4.78 is 0. The van der Waals surface area contributed by atoms with Crippen molar-refractivity contribution in [2.24, 2.45) is 5.92 Å². The molecule has 154 valence electrons. The predicted octanol–water partition coefficient (Wildman–Crippen LogP) is 3.89. The van der Waals surface area contributed by atoms with Crippen LogP contribution in [0.2, 0.25) is 0 Å². The SMILES string of the molecule is CC(C(=O)Nc1cccc2ccccc12)N1CCC(C(=O)N2CCCCC2)CC1. The minimum atomic E-state index is -0.208. The number of likely N-dealkylation sites (tertiary alicyclic amines) is 2. The number of rotatable bonds is 4. The van der Waals surface area contributed by atoms with Gasteiger partial charge in [-0.15, -0.1) is 0 Å². The molecule has 0 aromatic heterocycles. The molecule has 0 radical (unpaired) electrons. The van der Waals surface area contributed by atoms with Gasteiger partial charge in [0.25, 0.3) is 0 Å². The first-order valence-corrected chi connectivity index (χ1v) is 10.9. The third-order valence-corrected chi connectivity index (χ3v) is 6.52. The van der Waals surface area contributed by atoms with E-state index in [1.165, 1.54) is 6.42 Å². The quantitative estimate of drug-likeness (QED) is 0.857. The molecule has 2 heterocycles. The average molecular weight is 394 g/mol. The Labute approximate surface area is 173 Å². The summed E-state index contributed by atoms with van der Waals surface area (Å²) in [6, 6.07) is 13.9. The van der Waals surface area contributed by atoms with Crippen molar-refractivity contribution in [2.75, 3.05) is 31.5 Å².